The van der Waals surface area contributed by atoms with E-state index in [0.29, 0.717) is 92.6 Å². The van der Waals surface area contributed by atoms with Gasteiger partial charge in [-0.25, -0.2) is 71.8 Å². The third kappa shape index (κ3) is 22.8. The molecule has 0 amide bonds. The van der Waals surface area contributed by atoms with Crippen LogP contribution in [0.3, 0.4) is 0 Å². The SMILES string of the molecule is CCCN1CCC(Nc2ncc3c(n2)-c2ccccc2C(c2ccc(F)cc2)C3)CC1.CCCN1CCC(Nc2ncc3c(n2)-c2ccccc2C(c2ccccc2F)C3)CC1.COCCNc1ncc2c(n1)-c1ccccc1C(c1ccc(F)cc1)C2.COCCNc1ncc2c(n1)-c1ccccc1C(c1ccccc1F)C2.Cc1cccc(Nc2ncc3c(n2)-c2ccccc2C(c2ccccc2F)C3)c1. The predicted molar refractivity (Wildman–Crippen MR) is 559 cm³/mol. The van der Waals surface area contributed by atoms with E-state index in [9.17, 15) is 22.0 Å². The Balaban J connectivity index is 0.000000114. The standard InChI is InChI=1S/2C26H29FN4.C25H20FN3.2C21H20FN3O/c1-2-13-31-14-11-19(12-15-31)29-26-28-17-18-16-23(21-8-5-6-10-24(21)27)20-7-3-4-9-22(20)25(18)30-26;1-2-13-31-14-11-21(12-15-31)29-26-28-17-19-16-24(18-7-9-20(27)10-8-18)22-5-3-4-6-23(22)25(19)30-26;1-16-7-6-8-18(13-16)28-25-27-15-17-14-22(20-10-4-5-12-23(20)26)19-9-2-3-11-21(19)24(17)29-25;1-26-11-10-23-21-24-13-14-12-18(16-7-4-5-9-19(16)22)15-6-2-3-8-17(15)20(14)25-21;1-26-11-10-23-21-24-13-15-12-19(14-6-8-16(22)9-7-14)17-4-2-3-5-18(17)20(15)25-21/h3-10,17,19,23H,2,11-16H2,1H3,(H,28,29,30);3-10,17,21,24H,2,11-16H2,1H3,(H,28,29,30);2-13,15,22H,14H2,1H3,(H,27,28,29);2-9,13,18H,10-12H2,1H3,(H,23,24,25);2-9,13,19H,10-12H2,1H3,(H,23,24,25). The Kier molecular flexibility index (Phi) is 31.2. The van der Waals surface area contributed by atoms with Crippen molar-refractivity contribution in [1.82, 2.24) is 59.6 Å². The number of hydrogen-bond acceptors (Lipinski definition) is 19. The van der Waals surface area contributed by atoms with Gasteiger partial charge in [0.15, 0.2) is 0 Å². The highest BCUT2D eigenvalue weighted by Gasteiger charge is 2.36. The molecule has 2 saturated heterocycles. The summed E-state index contributed by atoms with van der Waals surface area (Å²) in [6.07, 6.45) is 20.1. The summed E-state index contributed by atoms with van der Waals surface area (Å²) in [6, 6.07) is 85.0. The molecule has 2 aliphatic heterocycles. The first-order chi connectivity index (χ1) is 70.2. The molecule has 24 heteroatoms. The van der Waals surface area contributed by atoms with E-state index in [1.807, 2.05) is 158 Å². The zero-order chi connectivity index (χ0) is 98.1. The Labute approximate surface area is 833 Å². The van der Waals surface area contributed by atoms with Crippen LogP contribution in [0.1, 0.15) is 171 Å². The van der Waals surface area contributed by atoms with Gasteiger partial charge in [-0.05, 0) is 234 Å². The first-order valence-corrected chi connectivity index (χ1v) is 49.9. The molecule has 5 unspecified atom stereocenters. The van der Waals surface area contributed by atoms with E-state index >= 15 is 0 Å². The fourth-order valence-corrected chi connectivity index (χ4v) is 21.1. The van der Waals surface area contributed by atoms with Crippen molar-refractivity contribution in [3.05, 3.63) is 416 Å². The number of aromatic nitrogens is 10. The summed E-state index contributed by atoms with van der Waals surface area (Å²) >= 11 is 0. The minimum Gasteiger partial charge on any atom is -0.383 e. The third-order valence-electron chi connectivity index (χ3n) is 28.2. The second-order valence-electron chi connectivity index (χ2n) is 37.6. The Bertz CT molecular complexity index is 7080. The molecular formula is C119H118F5N17O2. The average molecular weight is 1910 g/mol. The van der Waals surface area contributed by atoms with E-state index in [1.54, 1.807) is 50.6 Å². The van der Waals surface area contributed by atoms with E-state index < -0.39 is 0 Å². The number of nitrogens with one attached hydrogen (secondary N) is 5. The second kappa shape index (κ2) is 45.9. The van der Waals surface area contributed by atoms with Crippen LogP contribution < -0.4 is 26.6 Å². The number of methoxy groups -OCH3 is 2. The minimum absolute atomic E-state index is 0.0183. The minimum atomic E-state index is -0.214. The lowest BCUT2D eigenvalue weighted by atomic mass is 9.78. The molecule has 5 aromatic heterocycles. The number of hydrogen-bond donors (Lipinski definition) is 5. The van der Waals surface area contributed by atoms with Gasteiger partial charge >= 0.3 is 0 Å². The lowest BCUT2D eigenvalue weighted by Gasteiger charge is -2.32. The predicted octanol–water partition coefficient (Wildman–Crippen LogP) is 24.6. The fourth-order valence-electron chi connectivity index (χ4n) is 21.1. The normalized spacial score (nSPS) is 16.8. The molecule has 5 atom stereocenters. The summed E-state index contributed by atoms with van der Waals surface area (Å²) < 4.78 is 80.5. The van der Waals surface area contributed by atoms with Crippen molar-refractivity contribution >= 4 is 35.4 Å². The Hall–Kier alpha value is -14.7. The largest absolute Gasteiger partial charge is 0.383 e. The quantitative estimate of drug-likeness (QED) is 0.0297. The molecule has 16 aromatic rings. The molecule has 5 N–H and O–H groups in total. The number of aryl methyl sites for hydroxylation is 1. The summed E-state index contributed by atoms with van der Waals surface area (Å²) in [7, 11) is 3.33. The van der Waals surface area contributed by atoms with Crippen molar-refractivity contribution < 1.29 is 31.4 Å². The van der Waals surface area contributed by atoms with Gasteiger partial charge in [0.25, 0.3) is 0 Å². The maximum atomic E-state index is 14.6. The highest BCUT2D eigenvalue weighted by atomic mass is 19.1. The third-order valence-corrected chi connectivity index (χ3v) is 28.2. The number of nitrogens with zero attached hydrogens (tertiary/aromatic N) is 12. The van der Waals surface area contributed by atoms with Crippen LogP contribution >= 0.6 is 0 Å². The van der Waals surface area contributed by atoms with Crippen molar-refractivity contribution in [3.63, 3.8) is 0 Å². The van der Waals surface area contributed by atoms with Gasteiger partial charge in [-0.3, -0.25) is 0 Å². The van der Waals surface area contributed by atoms with E-state index in [1.165, 1.54) is 66.9 Å². The Morgan fingerprint density at radius 1 is 0.315 bits per heavy atom. The number of rotatable bonds is 23. The monoisotopic (exact) mass is 1910 g/mol. The van der Waals surface area contributed by atoms with Crippen LogP contribution in [-0.2, 0) is 41.6 Å². The molecule has 7 heterocycles. The summed E-state index contributed by atoms with van der Waals surface area (Å²) in [4.78, 5) is 51.9. The van der Waals surface area contributed by atoms with Crippen molar-refractivity contribution in [2.45, 2.75) is 133 Å². The fraction of sp³-hybridized carbons (Fsp3) is 0.277. The lowest BCUT2D eigenvalue weighted by molar-refractivity contribution is 0.210. The highest BCUT2D eigenvalue weighted by molar-refractivity contribution is 5.78. The van der Waals surface area contributed by atoms with Crippen molar-refractivity contribution in [1.29, 1.82) is 0 Å². The number of piperidine rings is 2. The van der Waals surface area contributed by atoms with E-state index in [2.05, 4.69) is 161 Å². The van der Waals surface area contributed by atoms with Crippen molar-refractivity contribution in [2.24, 2.45) is 0 Å². The molecule has 23 rings (SSSR count). The molecule has 0 spiro atoms. The molecule has 726 valence electrons. The van der Waals surface area contributed by atoms with Crippen LogP contribution in [0.25, 0.3) is 56.3 Å². The van der Waals surface area contributed by atoms with Crippen molar-refractivity contribution in [3.8, 4) is 56.3 Å². The van der Waals surface area contributed by atoms with E-state index in [0.717, 1.165) is 194 Å². The second-order valence-corrected chi connectivity index (χ2v) is 37.6. The topological polar surface area (TPSA) is 214 Å². The van der Waals surface area contributed by atoms with Gasteiger partial charge in [0.1, 0.15) is 29.1 Å². The summed E-state index contributed by atoms with van der Waals surface area (Å²) in [5.41, 5.74) is 28.0. The smallest absolute Gasteiger partial charge is 0.227 e. The number of anilines is 6. The van der Waals surface area contributed by atoms with Gasteiger partial charge < -0.3 is 45.9 Å². The number of likely N-dealkylation sites (tertiary alicyclic amines) is 2. The molecule has 7 aliphatic rings. The molecule has 2 fully saturated rings. The molecule has 11 aromatic carbocycles. The van der Waals surface area contributed by atoms with Gasteiger partial charge in [-0.15, -0.1) is 0 Å². The van der Waals surface area contributed by atoms with Gasteiger partial charge in [0, 0.05) is 160 Å². The molecule has 0 radical (unpaired) electrons. The Morgan fingerprint density at radius 2 is 0.601 bits per heavy atom. The first-order valence-electron chi connectivity index (χ1n) is 49.9. The first kappa shape index (κ1) is 97.1. The van der Waals surface area contributed by atoms with Crippen LogP contribution in [0.4, 0.5) is 57.4 Å². The lowest BCUT2D eigenvalue weighted by Crippen LogP contribution is -2.39. The van der Waals surface area contributed by atoms with Gasteiger partial charge in [0.2, 0.25) is 29.7 Å². The van der Waals surface area contributed by atoms with Crippen LogP contribution in [0.15, 0.2) is 298 Å². The maximum absolute atomic E-state index is 14.6. The maximum Gasteiger partial charge on any atom is 0.227 e. The zero-order valence-electron chi connectivity index (χ0n) is 81.3. The van der Waals surface area contributed by atoms with Crippen LogP contribution in [0, 0.1) is 36.0 Å². The number of benzene rings is 11. The van der Waals surface area contributed by atoms with Gasteiger partial charge in [-0.1, -0.05) is 226 Å². The summed E-state index contributed by atoms with van der Waals surface area (Å²) in [5, 5.41) is 16.8. The molecule has 5 aliphatic carbocycles. The molecule has 0 bridgehead atoms. The van der Waals surface area contributed by atoms with Gasteiger partial charge in [-0.2, -0.15) is 0 Å². The molecular weight excluding hydrogens is 1790 g/mol. The molecule has 19 nitrogen and oxygen atoms in total. The molecule has 0 saturated carbocycles. The average Bonchev–Trinajstić information content (AvgIpc) is 0.782. The van der Waals surface area contributed by atoms with Crippen molar-refractivity contribution in [2.75, 3.05) is 106 Å². The van der Waals surface area contributed by atoms with E-state index in [-0.39, 0.29) is 58.7 Å². The van der Waals surface area contributed by atoms with Crippen LogP contribution in [0.5, 0.6) is 0 Å². The number of fused-ring (bicyclic) bond motifs is 15. The summed E-state index contributed by atoms with van der Waals surface area (Å²) in [5.74, 6) is 2.54. The van der Waals surface area contributed by atoms with Crippen LogP contribution in [-0.4, -0.2) is 152 Å². The van der Waals surface area contributed by atoms with Gasteiger partial charge in [0.05, 0.1) is 41.7 Å². The number of halogens is 5. The highest BCUT2D eigenvalue weighted by Crippen LogP contribution is 2.49. The summed E-state index contributed by atoms with van der Waals surface area (Å²) in [6.45, 7) is 15.9. The number of ether oxygens (including phenoxy) is 2. The Morgan fingerprint density at radius 3 is 0.923 bits per heavy atom. The van der Waals surface area contributed by atoms with E-state index in [4.69, 9.17) is 34.4 Å². The van der Waals surface area contributed by atoms with Crippen LogP contribution in [0.2, 0.25) is 0 Å². The molecule has 143 heavy (non-hydrogen) atoms. The zero-order valence-corrected chi connectivity index (χ0v) is 81.3.